The summed E-state index contributed by atoms with van der Waals surface area (Å²) in [6.45, 7) is 0.951. The monoisotopic (exact) mass is 85.0 g/mol. The van der Waals surface area contributed by atoms with E-state index in [1.807, 2.05) is 0 Å². The van der Waals surface area contributed by atoms with Crippen LogP contribution in [0.3, 0.4) is 0 Å². The van der Waals surface area contributed by atoms with Crippen LogP contribution in [0.4, 0.5) is 0 Å². The molecule has 0 fully saturated rings. The first-order chi connectivity index (χ1) is 3.00. The van der Waals surface area contributed by atoms with Crippen molar-refractivity contribution in [2.24, 2.45) is 0 Å². The van der Waals surface area contributed by atoms with Gasteiger partial charge in [0.15, 0.2) is 6.79 Å². The van der Waals surface area contributed by atoms with Crippen LogP contribution in [0.5, 0.6) is 0 Å². The fraction of sp³-hybridized carbons (Fsp3) is 0.500. The minimum atomic E-state index is 0.382. The Morgan fingerprint density at radius 1 is 1.67 bits per heavy atom. The van der Waals surface area contributed by atoms with Crippen LogP contribution in [-0.4, -0.2) is 13.4 Å². The topological polar surface area (TPSA) is 18.5 Å². The van der Waals surface area contributed by atoms with E-state index in [-0.39, 0.29) is 0 Å². The fourth-order valence-corrected chi connectivity index (χ4v) is 0.276. The SMILES string of the molecule is [C]1=COCOC1. The summed E-state index contributed by atoms with van der Waals surface area (Å²) in [5, 5.41) is 0. The van der Waals surface area contributed by atoms with Gasteiger partial charge in [0.1, 0.15) is 0 Å². The molecule has 2 nitrogen and oxygen atoms in total. The Balaban J connectivity index is 2.26. The minimum Gasteiger partial charge on any atom is -0.475 e. The second-order valence-electron chi connectivity index (χ2n) is 0.955. The molecular weight excluding hydrogens is 80.0 g/mol. The van der Waals surface area contributed by atoms with Gasteiger partial charge in [0.05, 0.1) is 12.9 Å². The van der Waals surface area contributed by atoms with Gasteiger partial charge in [0.25, 0.3) is 0 Å². The lowest BCUT2D eigenvalue weighted by molar-refractivity contribution is -0.0184. The summed E-state index contributed by atoms with van der Waals surface area (Å²) in [5.41, 5.74) is 0. The zero-order valence-electron chi connectivity index (χ0n) is 3.31. The van der Waals surface area contributed by atoms with E-state index >= 15 is 0 Å². The molecular formula is C4H5O2. The van der Waals surface area contributed by atoms with Gasteiger partial charge in [-0.2, -0.15) is 0 Å². The molecule has 0 aliphatic carbocycles. The Kier molecular flexibility index (Phi) is 1.12. The molecule has 0 atom stereocenters. The third-order valence-electron chi connectivity index (χ3n) is 0.503. The maximum Gasteiger partial charge on any atom is 0.188 e. The highest BCUT2D eigenvalue weighted by molar-refractivity contribution is 4.63. The molecule has 0 saturated heterocycles. The van der Waals surface area contributed by atoms with Crippen LogP contribution in [0.25, 0.3) is 0 Å². The summed E-state index contributed by atoms with van der Waals surface area (Å²) in [6.07, 6.45) is 4.23. The fourth-order valence-electron chi connectivity index (χ4n) is 0.276. The molecule has 0 saturated carbocycles. The van der Waals surface area contributed by atoms with Crippen LogP contribution < -0.4 is 0 Å². The molecule has 1 aliphatic rings. The first-order valence-corrected chi connectivity index (χ1v) is 1.74. The maximum atomic E-state index is 4.70. The third kappa shape index (κ3) is 0.723. The zero-order chi connectivity index (χ0) is 4.24. The molecule has 1 rings (SSSR count). The zero-order valence-corrected chi connectivity index (χ0v) is 3.31. The van der Waals surface area contributed by atoms with E-state index < -0.39 is 0 Å². The van der Waals surface area contributed by atoms with Gasteiger partial charge in [-0.25, -0.2) is 0 Å². The summed E-state index contributed by atoms with van der Waals surface area (Å²) in [6, 6.07) is 0. The predicted octanol–water partition coefficient (Wildman–Crippen LogP) is 0.308. The van der Waals surface area contributed by atoms with Crippen molar-refractivity contribution in [3.05, 3.63) is 12.3 Å². The summed E-state index contributed by atoms with van der Waals surface area (Å²) < 4.78 is 9.32. The molecule has 0 N–H and O–H groups in total. The molecule has 1 aliphatic heterocycles. The Bertz CT molecular complexity index is 50.6. The largest absolute Gasteiger partial charge is 0.475 e. The third-order valence-corrected chi connectivity index (χ3v) is 0.503. The smallest absolute Gasteiger partial charge is 0.188 e. The van der Waals surface area contributed by atoms with Crippen molar-refractivity contribution in [3.63, 3.8) is 0 Å². The molecule has 0 unspecified atom stereocenters. The molecule has 2 heteroatoms. The van der Waals surface area contributed by atoms with Crippen molar-refractivity contribution in [1.29, 1.82) is 0 Å². The number of hydrogen-bond acceptors (Lipinski definition) is 2. The van der Waals surface area contributed by atoms with Crippen LogP contribution in [-0.2, 0) is 9.47 Å². The predicted molar refractivity (Wildman–Crippen MR) is 19.7 cm³/mol. The Morgan fingerprint density at radius 2 is 2.67 bits per heavy atom. The minimum absolute atomic E-state index is 0.382. The lowest BCUT2D eigenvalue weighted by atomic mass is 10.7. The van der Waals surface area contributed by atoms with E-state index in [1.165, 1.54) is 6.26 Å². The van der Waals surface area contributed by atoms with Crippen molar-refractivity contribution >= 4 is 0 Å². The van der Waals surface area contributed by atoms with Crippen LogP contribution in [0.2, 0.25) is 0 Å². The highest BCUT2D eigenvalue weighted by atomic mass is 16.7. The van der Waals surface area contributed by atoms with Crippen LogP contribution >= 0.6 is 0 Å². The van der Waals surface area contributed by atoms with E-state index in [0.29, 0.717) is 13.4 Å². The average Bonchev–Trinajstić information content (AvgIpc) is 1.72. The van der Waals surface area contributed by atoms with E-state index in [4.69, 9.17) is 4.74 Å². The molecule has 33 valence electrons. The molecule has 0 bridgehead atoms. The van der Waals surface area contributed by atoms with Crippen LogP contribution in [0.15, 0.2) is 6.26 Å². The van der Waals surface area contributed by atoms with Crippen LogP contribution in [0, 0.1) is 6.08 Å². The number of ether oxygens (including phenoxy) is 2. The van der Waals surface area contributed by atoms with Crippen molar-refractivity contribution in [2.45, 2.75) is 0 Å². The summed E-state index contributed by atoms with van der Waals surface area (Å²) in [7, 11) is 0. The molecule has 0 aromatic heterocycles. The average molecular weight is 85.1 g/mol. The van der Waals surface area contributed by atoms with Gasteiger partial charge < -0.3 is 9.47 Å². The van der Waals surface area contributed by atoms with E-state index in [1.54, 1.807) is 0 Å². The standard InChI is InChI=1S/C4H5O2/c1-2-5-4-6-3-1/h2H,3-4H2. The van der Waals surface area contributed by atoms with Gasteiger partial charge in [-0.15, -0.1) is 0 Å². The molecule has 1 heterocycles. The van der Waals surface area contributed by atoms with Crippen molar-refractivity contribution in [3.8, 4) is 0 Å². The van der Waals surface area contributed by atoms with Crippen LogP contribution in [0.1, 0.15) is 0 Å². The lowest BCUT2D eigenvalue weighted by Gasteiger charge is -2.03. The van der Waals surface area contributed by atoms with Gasteiger partial charge in [-0.1, -0.05) is 0 Å². The number of hydrogen-bond donors (Lipinski definition) is 0. The first-order valence-electron chi connectivity index (χ1n) is 1.74. The quantitative estimate of drug-likeness (QED) is 0.421. The van der Waals surface area contributed by atoms with Gasteiger partial charge in [-0.05, 0) is 0 Å². The van der Waals surface area contributed by atoms with Gasteiger partial charge >= 0.3 is 0 Å². The molecule has 6 heavy (non-hydrogen) atoms. The van der Waals surface area contributed by atoms with Crippen molar-refractivity contribution < 1.29 is 9.47 Å². The Morgan fingerprint density at radius 3 is 2.83 bits per heavy atom. The maximum absolute atomic E-state index is 4.70. The Labute approximate surface area is 36.4 Å². The molecule has 1 radical (unpaired) electrons. The van der Waals surface area contributed by atoms with E-state index in [0.717, 1.165) is 0 Å². The molecule has 0 spiro atoms. The summed E-state index contributed by atoms with van der Waals surface area (Å²) >= 11 is 0. The summed E-state index contributed by atoms with van der Waals surface area (Å²) in [5.74, 6) is 0. The number of rotatable bonds is 0. The van der Waals surface area contributed by atoms with Gasteiger partial charge in [0.2, 0.25) is 0 Å². The van der Waals surface area contributed by atoms with E-state index in [9.17, 15) is 0 Å². The van der Waals surface area contributed by atoms with Gasteiger partial charge in [-0.3, -0.25) is 0 Å². The van der Waals surface area contributed by atoms with Crippen molar-refractivity contribution in [1.82, 2.24) is 0 Å². The second-order valence-corrected chi connectivity index (χ2v) is 0.955. The normalized spacial score (nSPS) is 20.0. The Hall–Kier alpha value is -0.500. The first kappa shape index (κ1) is 3.68. The molecule has 0 aromatic rings. The lowest BCUT2D eigenvalue weighted by Crippen LogP contribution is -2.00. The molecule has 0 amide bonds. The van der Waals surface area contributed by atoms with E-state index in [2.05, 4.69) is 10.8 Å². The summed E-state index contributed by atoms with van der Waals surface area (Å²) in [4.78, 5) is 0. The second kappa shape index (κ2) is 1.82. The van der Waals surface area contributed by atoms with Crippen molar-refractivity contribution in [2.75, 3.05) is 13.4 Å². The van der Waals surface area contributed by atoms with Gasteiger partial charge in [0, 0.05) is 6.08 Å². The highest BCUT2D eigenvalue weighted by Gasteiger charge is 1.85. The highest BCUT2D eigenvalue weighted by Crippen LogP contribution is 1.86. The molecule has 0 aromatic carbocycles.